The first-order valence-electron chi connectivity index (χ1n) is 5.50. The minimum absolute atomic E-state index is 0.302. The van der Waals surface area contributed by atoms with E-state index in [0.29, 0.717) is 17.1 Å². The number of H-pyrrole nitrogens is 1. The quantitative estimate of drug-likeness (QED) is 0.732. The van der Waals surface area contributed by atoms with Crippen molar-refractivity contribution in [1.29, 1.82) is 0 Å². The predicted molar refractivity (Wildman–Crippen MR) is 79.4 cm³/mol. The molecule has 3 N–H and O–H groups in total. The zero-order chi connectivity index (χ0) is 13.4. The standard InChI is InChI=1S/C13H9BrFN3S/c14-9-4-3-7(15)6-8(9)12-11(13(16)18-17-12)10-2-1-5-19-10/h1-6H,(H3,16,17,18). The van der Waals surface area contributed by atoms with Gasteiger partial charge in [-0.05, 0) is 29.6 Å². The second-order valence-electron chi connectivity index (χ2n) is 3.96. The monoisotopic (exact) mass is 337 g/mol. The molecule has 0 spiro atoms. The van der Waals surface area contributed by atoms with Crippen LogP contribution in [-0.2, 0) is 0 Å². The Labute approximate surface area is 121 Å². The Bertz CT molecular complexity index is 722. The van der Waals surface area contributed by atoms with E-state index in [9.17, 15) is 4.39 Å². The van der Waals surface area contributed by atoms with Crippen LogP contribution < -0.4 is 5.73 Å². The van der Waals surface area contributed by atoms with E-state index in [-0.39, 0.29) is 5.82 Å². The first-order valence-corrected chi connectivity index (χ1v) is 7.17. The number of aromatic amines is 1. The second kappa shape index (κ2) is 4.79. The number of thiophene rings is 1. The van der Waals surface area contributed by atoms with Gasteiger partial charge in [0, 0.05) is 14.9 Å². The van der Waals surface area contributed by atoms with Gasteiger partial charge in [0.1, 0.15) is 5.82 Å². The highest BCUT2D eigenvalue weighted by atomic mass is 79.9. The molecule has 3 aromatic rings. The fraction of sp³-hybridized carbons (Fsp3) is 0. The third kappa shape index (κ3) is 2.17. The highest BCUT2D eigenvalue weighted by Crippen LogP contribution is 2.39. The van der Waals surface area contributed by atoms with Crippen LogP contribution in [0.3, 0.4) is 0 Å². The fourth-order valence-corrected chi connectivity index (χ4v) is 3.14. The molecule has 0 aliphatic carbocycles. The Hall–Kier alpha value is -1.66. The van der Waals surface area contributed by atoms with E-state index in [2.05, 4.69) is 26.1 Å². The summed E-state index contributed by atoms with van der Waals surface area (Å²) in [5, 5.41) is 8.88. The fourth-order valence-electron chi connectivity index (χ4n) is 1.91. The molecule has 0 aliphatic rings. The lowest BCUT2D eigenvalue weighted by molar-refractivity contribution is 0.628. The van der Waals surface area contributed by atoms with E-state index in [1.807, 2.05) is 17.5 Å². The predicted octanol–water partition coefficient (Wildman–Crippen LogP) is 4.29. The number of hydrogen-bond acceptors (Lipinski definition) is 3. The molecule has 0 atom stereocenters. The number of halogens is 2. The number of nitrogens with two attached hydrogens (primary N) is 1. The van der Waals surface area contributed by atoms with Gasteiger partial charge in [0.15, 0.2) is 5.82 Å². The average Bonchev–Trinajstić information content (AvgIpc) is 3.01. The molecule has 0 radical (unpaired) electrons. The minimum atomic E-state index is -0.302. The summed E-state index contributed by atoms with van der Waals surface area (Å²) in [6, 6.07) is 8.42. The summed E-state index contributed by atoms with van der Waals surface area (Å²) >= 11 is 4.99. The number of benzene rings is 1. The van der Waals surface area contributed by atoms with Gasteiger partial charge >= 0.3 is 0 Å². The third-order valence-corrected chi connectivity index (χ3v) is 4.34. The third-order valence-electron chi connectivity index (χ3n) is 2.76. The van der Waals surface area contributed by atoms with Crippen molar-refractivity contribution in [2.45, 2.75) is 0 Å². The molecule has 0 saturated carbocycles. The molecule has 96 valence electrons. The van der Waals surface area contributed by atoms with Crippen LogP contribution in [-0.4, -0.2) is 10.2 Å². The molecular weight excluding hydrogens is 329 g/mol. The van der Waals surface area contributed by atoms with Gasteiger partial charge in [-0.15, -0.1) is 11.3 Å². The Morgan fingerprint density at radius 1 is 1.32 bits per heavy atom. The Kier molecular flexibility index (Phi) is 3.12. The highest BCUT2D eigenvalue weighted by molar-refractivity contribution is 9.10. The number of nitrogens with one attached hydrogen (secondary N) is 1. The molecule has 2 heterocycles. The van der Waals surface area contributed by atoms with Gasteiger partial charge in [-0.3, -0.25) is 5.10 Å². The maximum Gasteiger partial charge on any atom is 0.154 e. The van der Waals surface area contributed by atoms with Crippen LogP contribution in [0.15, 0.2) is 40.2 Å². The normalized spacial score (nSPS) is 10.8. The lowest BCUT2D eigenvalue weighted by Crippen LogP contribution is -1.88. The van der Waals surface area contributed by atoms with Crippen LogP contribution in [0, 0.1) is 5.82 Å². The summed E-state index contributed by atoms with van der Waals surface area (Å²) in [7, 11) is 0. The van der Waals surface area contributed by atoms with Crippen molar-refractivity contribution in [3.63, 3.8) is 0 Å². The van der Waals surface area contributed by atoms with E-state index in [0.717, 1.165) is 14.9 Å². The summed E-state index contributed by atoms with van der Waals surface area (Å²) in [6.45, 7) is 0. The van der Waals surface area contributed by atoms with Crippen molar-refractivity contribution in [3.8, 4) is 21.7 Å². The van der Waals surface area contributed by atoms with Gasteiger partial charge in [-0.1, -0.05) is 22.0 Å². The summed E-state index contributed by atoms with van der Waals surface area (Å²) in [5.41, 5.74) is 8.14. The lowest BCUT2D eigenvalue weighted by Gasteiger charge is -2.05. The highest BCUT2D eigenvalue weighted by Gasteiger charge is 2.17. The summed E-state index contributed by atoms with van der Waals surface area (Å²) < 4.78 is 14.2. The van der Waals surface area contributed by atoms with Crippen LogP contribution in [0.5, 0.6) is 0 Å². The van der Waals surface area contributed by atoms with Gasteiger partial charge in [0.2, 0.25) is 0 Å². The molecule has 6 heteroatoms. The van der Waals surface area contributed by atoms with Gasteiger partial charge in [0.05, 0.1) is 11.3 Å². The van der Waals surface area contributed by atoms with Crippen molar-refractivity contribution in [2.75, 3.05) is 5.73 Å². The van der Waals surface area contributed by atoms with Crippen LogP contribution in [0.2, 0.25) is 0 Å². The molecule has 0 unspecified atom stereocenters. The van der Waals surface area contributed by atoms with Crippen molar-refractivity contribution in [3.05, 3.63) is 46.0 Å². The Morgan fingerprint density at radius 2 is 2.16 bits per heavy atom. The Balaban J connectivity index is 2.24. The molecule has 19 heavy (non-hydrogen) atoms. The zero-order valence-corrected chi connectivity index (χ0v) is 12.1. The molecule has 0 saturated heterocycles. The largest absolute Gasteiger partial charge is 0.382 e. The van der Waals surface area contributed by atoms with Gasteiger partial charge in [-0.25, -0.2) is 4.39 Å². The zero-order valence-electron chi connectivity index (χ0n) is 9.65. The number of anilines is 1. The van der Waals surface area contributed by atoms with Crippen LogP contribution in [0.1, 0.15) is 0 Å². The first-order chi connectivity index (χ1) is 9.16. The van der Waals surface area contributed by atoms with Crippen molar-refractivity contribution >= 4 is 33.1 Å². The topological polar surface area (TPSA) is 54.7 Å². The van der Waals surface area contributed by atoms with Crippen LogP contribution >= 0.6 is 27.3 Å². The van der Waals surface area contributed by atoms with E-state index < -0.39 is 0 Å². The minimum Gasteiger partial charge on any atom is -0.382 e. The lowest BCUT2D eigenvalue weighted by atomic mass is 10.1. The molecule has 2 aromatic heterocycles. The molecule has 0 fully saturated rings. The van der Waals surface area contributed by atoms with E-state index >= 15 is 0 Å². The van der Waals surface area contributed by atoms with Crippen molar-refractivity contribution in [2.24, 2.45) is 0 Å². The summed E-state index contributed by atoms with van der Waals surface area (Å²) in [6.07, 6.45) is 0. The maximum absolute atomic E-state index is 13.4. The SMILES string of the molecule is Nc1n[nH]c(-c2cc(F)ccc2Br)c1-c1cccs1. The smallest absolute Gasteiger partial charge is 0.154 e. The molecule has 3 nitrogen and oxygen atoms in total. The first kappa shape index (κ1) is 12.4. The molecular formula is C13H9BrFN3S. The molecule has 0 aliphatic heterocycles. The maximum atomic E-state index is 13.4. The average molecular weight is 338 g/mol. The molecule has 3 rings (SSSR count). The number of aromatic nitrogens is 2. The van der Waals surface area contributed by atoms with Crippen molar-refractivity contribution in [1.82, 2.24) is 10.2 Å². The molecule has 1 aromatic carbocycles. The summed E-state index contributed by atoms with van der Waals surface area (Å²) in [5.74, 6) is 0.108. The van der Waals surface area contributed by atoms with Gasteiger partial charge < -0.3 is 5.73 Å². The number of hydrogen-bond donors (Lipinski definition) is 2. The molecule has 0 bridgehead atoms. The number of rotatable bonds is 2. The van der Waals surface area contributed by atoms with Crippen LogP contribution in [0.25, 0.3) is 21.7 Å². The van der Waals surface area contributed by atoms with Gasteiger partial charge in [0.25, 0.3) is 0 Å². The van der Waals surface area contributed by atoms with Crippen molar-refractivity contribution < 1.29 is 4.39 Å². The summed E-state index contributed by atoms with van der Waals surface area (Å²) in [4.78, 5) is 0.998. The van der Waals surface area contributed by atoms with E-state index in [1.54, 1.807) is 17.4 Å². The number of nitrogens with zero attached hydrogens (tertiary/aromatic N) is 1. The van der Waals surface area contributed by atoms with E-state index in [1.165, 1.54) is 12.1 Å². The van der Waals surface area contributed by atoms with Crippen LogP contribution in [0.4, 0.5) is 10.2 Å². The number of nitrogen functional groups attached to an aromatic ring is 1. The van der Waals surface area contributed by atoms with E-state index in [4.69, 9.17) is 5.73 Å². The van der Waals surface area contributed by atoms with Gasteiger partial charge in [-0.2, -0.15) is 5.10 Å². The second-order valence-corrected chi connectivity index (χ2v) is 5.76. The Morgan fingerprint density at radius 3 is 2.89 bits per heavy atom. The molecule has 0 amide bonds.